The molecule has 1 atom stereocenters. The number of nitrogens with zero attached hydrogens (tertiary/aromatic N) is 3. The maximum atomic E-state index is 5.92. The van der Waals surface area contributed by atoms with Crippen LogP contribution in [0.1, 0.15) is 38.1 Å². The van der Waals surface area contributed by atoms with Crippen molar-refractivity contribution < 1.29 is 0 Å². The first-order valence-corrected chi connectivity index (χ1v) is 5.97. The zero-order chi connectivity index (χ0) is 12.3. The first-order chi connectivity index (χ1) is 7.52. The minimum absolute atomic E-state index is 0.277. The van der Waals surface area contributed by atoms with Gasteiger partial charge in [-0.3, -0.25) is 9.58 Å². The molecule has 0 bridgehead atoms. The normalized spacial score (nSPS) is 13.8. The van der Waals surface area contributed by atoms with Crippen molar-refractivity contribution in [1.82, 2.24) is 14.7 Å². The molecule has 1 aromatic heterocycles. The van der Waals surface area contributed by atoms with Gasteiger partial charge in [0.2, 0.25) is 0 Å². The number of hydrogen-bond donors (Lipinski definition) is 1. The zero-order valence-corrected chi connectivity index (χ0v) is 11.1. The highest BCUT2D eigenvalue weighted by Crippen LogP contribution is 2.24. The molecule has 1 unspecified atom stereocenters. The van der Waals surface area contributed by atoms with Crippen molar-refractivity contribution >= 4 is 0 Å². The Morgan fingerprint density at radius 3 is 2.44 bits per heavy atom. The molecule has 4 heteroatoms. The molecule has 4 nitrogen and oxygen atoms in total. The molecular weight excluding hydrogens is 200 g/mol. The summed E-state index contributed by atoms with van der Waals surface area (Å²) in [5.74, 6) is 0. The molecule has 92 valence electrons. The molecule has 0 amide bonds. The van der Waals surface area contributed by atoms with Gasteiger partial charge in [-0.15, -0.1) is 0 Å². The minimum atomic E-state index is 0.277. The SMILES string of the molecule is CCN(C(C)C)C(CN)c1cnn(C)c1C. The van der Waals surface area contributed by atoms with Crippen LogP contribution >= 0.6 is 0 Å². The van der Waals surface area contributed by atoms with Crippen molar-refractivity contribution in [2.75, 3.05) is 13.1 Å². The predicted molar refractivity (Wildman–Crippen MR) is 67.3 cm³/mol. The van der Waals surface area contributed by atoms with Crippen molar-refractivity contribution in [3.05, 3.63) is 17.5 Å². The molecule has 0 radical (unpaired) electrons. The van der Waals surface area contributed by atoms with Crippen LogP contribution in [0.3, 0.4) is 0 Å². The van der Waals surface area contributed by atoms with E-state index in [0.29, 0.717) is 12.6 Å². The largest absolute Gasteiger partial charge is 0.329 e. The fraction of sp³-hybridized carbons (Fsp3) is 0.750. The molecule has 0 saturated carbocycles. The second-order valence-corrected chi connectivity index (χ2v) is 4.48. The monoisotopic (exact) mass is 224 g/mol. The lowest BCUT2D eigenvalue weighted by atomic mass is 10.0. The third-order valence-corrected chi connectivity index (χ3v) is 3.28. The molecule has 16 heavy (non-hydrogen) atoms. The van der Waals surface area contributed by atoms with Crippen molar-refractivity contribution in [3.63, 3.8) is 0 Å². The van der Waals surface area contributed by atoms with Gasteiger partial charge >= 0.3 is 0 Å². The van der Waals surface area contributed by atoms with Crippen molar-refractivity contribution in [2.24, 2.45) is 12.8 Å². The van der Waals surface area contributed by atoms with Gasteiger partial charge < -0.3 is 5.73 Å². The van der Waals surface area contributed by atoms with Gasteiger partial charge in [0.1, 0.15) is 0 Å². The molecule has 0 spiro atoms. The molecule has 0 fully saturated rings. The number of aryl methyl sites for hydroxylation is 1. The fourth-order valence-corrected chi connectivity index (χ4v) is 2.23. The Labute approximate surface area is 98.4 Å². The number of rotatable bonds is 5. The van der Waals surface area contributed by atoms with Crippen LogP contribution in [0.5, 0.6) is 0 Å². The van der Waals surface area contributed by atoms with Crippen LogP contribution < -0.4 is 5.73 Å². The number of hydrogen-bond acceptors (Lipinski definition) is 3. The molecule has 0 aliphatic rings. The van der Waals surface area contributed by atoms with Gasteiger partial charge in [0.25, 0.3) is 0 Å². The van der Waals surface area contributed by atoms with E-state index in [-0.39, 0.29) is 6.04 Å². The zero-order valence-electron chi connectivity index (χ0n) is 11.1. The predicted octanol–water partition coefficient (Wildman–Crippen LogP) is 1.46. The first kappa shape index (κ1) is 13.2. The molecular formula is C12H24N4. The average molecular weight is 224 g/mol. The highest BCUT2D eigenvalue weighted by molar-refractivity contribution is 5.21. The molecule has 0 aliphatic heterocycles. The molecule has 2 N–H and O–H groups in total. The third-order valence-electron chi connectivity index (χ3n) is 3.28. The van der Waals surface area contributed by atoms with Gasteiger partial charge in [-0.25, -0.2) is 0 Å². The maximum absolute atomic E-state index is 5.92. The van der Waals surface area contributed by atoms with Crippen LogP contribution in [0.2, 0.25) is 0 Å². The minimum Gasteiger partial charge on any atom is -0.329 e. The third kappa shape index (κ3) is 2.44. The van der Waals surface area contributed by atoms with Crippen LogP contribution in [0, 0.1) is 6.92 Å². The number of aromatic nitrogens is 2. The number of nitrogens with two attached hydrogens (primary N) is 1. The Morgan fingerprint density at radius 1 is 1.50 bits per heavy atom. The summed E-state index contributed by atoms with van der Waals surface area (Å²) in [6.07, 6.45) is 1.94. The van der Waals surface area contributed by atoms with E-state index in [2.05, 4.69) is 37.7 Å². The van der Waals surface area contributed by atoms with Crippen LogP contribution in [-0.4, -0.2) is 33.8 Å². The molecule has 0 aliphatic carbocycles. The molecule has 0 aromatic carbocycles. The van der Waals surface area contributed by atoms with E-state index in [9.17, 15) is 0 Å². The van der Waals surface area contributed by atoms with Crippen molar-refractivity contribution in [1.29, 1.82) is 0 Å². The summed E-state index contributed by atoms with van der Waals surface area (Å²) in [5.41, 5.74) is 8.37. The fourth-order valence-electron chi connectivity index (χ4n) is 2.23. The number of likely N-dealkylation sites (N-methyl/N-ethyl adjacent to an activating group) is 1. The summed E-state index contributed by atoms with van der Waals surface area (Å²) in [4.78, 5) is 2.41. The Morgan fingerprint density at radius 2 is 2.12 bits per heavy atom. The van der Waals surface area contributed by atoms with Gasteiger partial charge in [-0.05, 0) is 27.3 Å². The first-order valence-electron chi connectivity index (χ1n) is 5.97. The smallest absolute Gasteiger partial charge is 0.0540 e. The second-order valence-electron chi connectivity index (χ2n) is 4.48. The summed E-state index contributed by atoms with van der Waals surface area (Å²) < 4.78 is 1.91. The van der Waals surface area contributed by atoms with E-state index in [0.717, 1.165) is 6.54 Å². The lowest BCUT2D eigenvalue weighted by Gasteiger charge is -2.33. The van der Waals surface area contributed by atoms with Gasteiger partial charge in [-0.1, -0.05) is 6.92 Å². The quantitative estimate of drug-likeness (QED) is 0.823. The maximum Gasteiger partial charge on any atom is 0.0540 e. The summed E-state index contributed by atoms with van der Waals surface area (Å²) >= 11 is 0. The average Bonchev–Trinajstić information content (AvgIpc) is 2.56. The molecule has 1 aromatic rings. The van der Waals surface area contributed by atoms with Gasteiger partial charge in [0, 0.05) is 30.9 Å². The van der Waals surface area contributed by atoms with Gasteiger partial charge in [-0.2, -0.15) is 5.10 Å². The highest BCUT2D eigenvalue weighted by Gasteiger charge is 2.23. The van der Waals surface area contributed by atoms with E-state index in [1.165, 1.54) is 11.3 Å². The summed E-state index contributed by atoms with van der Waals surface area (Å²) in [6, 6.07) is 0.775. The summed E-state index contributed by atoms with van der Waals surface area (Å²) in [7, 11) is 1.97. The second kappa shape index (κ2) is 5.46. The van der Waals surface area contributed by atoms with Crippen LogP contribution in [0.15, 0.2) is 6.20 Å². The van der Waals surface area contributed by atoms with Gasteiger partial charge in [0.15, 0.2) is 0 Å². The molecule has 1 rings (SSSR count). The van der Waals surface area contributed by atoms with E-state index < -0.39 is 0 Å². The van der Waals surface area contributed by atoms with Crippen LogP contribution in [0.25, 0.3) is 0 Å². The van der Waals surface area contributed by atoms with Gasteiger partial charge in [0.05, 0.1) is 12.2 Å². The lowest BCUT2D eigenvalue weighted by molar-refractivity contribution is 0.166. The van der Waals surface area contributed by atoms with E-state index >= 15 is 0 Å². The Balaban J connectivity index is 3.01. The van der Waals surface area contributed by atoms with Crippen molar-refractivity contribution in [3.8, 4) is 0 Å². The highest BCUT2D eigenvalue weighted by atomic mass is 15.3. The Bertz CT molecular complexity index is 330. The Hall–Kier alpha value is -0.870. The van der Waals surface area contributed by atoms with E-state index in [4.69, 9.17) is 5.73 Å². The molecule has 1 heterocycles. The standard InChI is InChI=1S/C12H24N4/c1-6-16(9(2)3)12(7-13)11-8-14-15(5)10(11)4/h8-9,12H,6-7,13H2,1-5H3. The lowest BCUT2D eigenvalue weighted by Crippen LogP contribution is -2.38. The molecule has 0 saturated heterocycles. The van der Waals surface area contributed by atoms with E-state index in [1.54, 1.807) is 0 Å². The van der Waals surface area contributed by atoms with Crippen molar-refractivity contribution in [2.45, 2.75) is 39.8 Å². The summed E-state index contributed by atoms with van der Waals surface area (Å²) in [6.45, 7) is 10.3. The summed E-state index contributed by atoms with van der Waals surface area (Å²) in [5, 5.41) is 4.30. The van der Waals surface area contributed by atoms with Crippen LogP contribution in [-0.2, 0) is 7.05 Å². The van der Waals surface area contributed by atoms with Crippen LogP contribution in [0.4, 0.5) is 0 Å². The topological polar surface area (TPSA) is 47.1 Å². The van der Waals surface area contributed by atoms with E-state index in [1.807, 2.05) is 17.9 Å². The Kier molecular flexibility index (Phi) is 4.50.